The Hall–Kier alpha value is -1.64. The van der Waals surface area contributed by atoms with E-state index in [1.54, 1.807) is 38.5 Å². The normalized spacial score (nSPS) is 19.2. The van der Waals surface area contributed by atoms with Crippen LogP contribution in [0, 0.1) is 6.92 Å². The summed E-state index contributed by atoms with van der Waals surface area (Å²) in [6.45, 7) is 2.30. The van der Waals surface area contributed by atoms with Gasteiger partial charge in [-0.1, -0.05) is 11.6 Å². The third-order valence-corrected chi connectivity index (χ3v) is 6.30. The lowest BCUT2D eigenvalue weighted by Gasteiger charge is -2.17. The molecule has 3 rings (SSSR count). The van der Waals surface area contributed by atoms with Gasteiger partial charge in [0.15, 0.2) is 0 Å². The number of hydrogen-bond acceptors (Lipinski definition) is 5. The molecule has 9 heteroatoms. The summed E-state index contributed by atoms with van der Waals surface area (Å²) >= 11 is 6.10. The van der Waals surface area contributed by atoms with E-state index in [0.717, 1.165) is 0 Å². The van der Waals surface area contributed by atoms with Crippen molar-refractivity contribution in [2.45, 2.75) is 24.3 Å². The predicted octanol–water partition coefficient (Wildman–Crippen LogP) is 1.62. The van der Waals surface area contributed by atoms with Crippen LogP contribution in [0.15, 0.2) is 29.4 Å². The molecule has 0 unspecified atom stereocenters. The van der Waals surface area contributed by atoms with E-state index in [2.05, 4.69) is 10.1 Å². The highest BCUT2D eigenvalue weighted by atomic mass is 35.5. The van der Waals surface area contributed by atoms with E-state index < -0.39 is 10.0 Å². The molecule has 3 heterocycles. The Morgan fingerprint density at radius 3 is 2.83 bits per heavy atom. The van der Waals surface area contributed by atoms with E-state index in [4.69, 9.17) is 16.3 Å². The maximum absolute atomic E-state index is 12.8. The average molecular weight is 357 g/mol. The Labute approximate surface area is 139 Å². The Bertz CT molecular complexity index is 807. The highest BCUT2D eigenvalue weighted by molar-refractivity contribution is 7.89. The summed E-state index contributed by atoms with van der Waals surface area (Å²) in [6, 6.07) is 3.57. The minimum atomic E-state index is -3.68. The lowest BCUT2D eigenvalue weighted by Crippen LogP contribution is -2.31. The maximum Gasteiger partial charge on any atom is 0.248 e. The molecule has 0 N–H and O–H groups in total. The number of rotatable bonds is 4. The van der Waals surface area contributed by atoms with Gasteiger partial charge in [-0.3, -0.25) is 9.67 Å². The second-order valence-electron chi connectivity index (χ2n) is 5.41. The molecule has 0 saturated carbocycles. The van der Waals surface area contributed by atoms with E-state index in [-0.39, 0.29) is 22.7 Å². The molecule has 2 aromatic rings. The van der Waals surface area contributed by atoms with Gasteiger partial charge in [-0.05, 0) is 25.5 Å². The van der Waals surface area contributed by atoms with Crippen molar-refractivity contribution in [2.75, 3.05) is 13.1 Å². The first-order chi connectivity index (χ1) is 10.9. The summed E-state index contributed by atoms with van der Waals surface area (Å²) in [5.41, 5.74) is 0.397. The Morgan fingerprint density at radius 2 is 2.22 bits per heavy atom. The zero-order valence-corrected chi connectivity index (χ0v) is 14.4. The van der Waals surface area contributed by atoms with Crippen LogP contribution >= 0.6 is 11.6 Å². The Morgan fingerprint density at radius 1 is 1.43 bits per heavy atom. The predicted molar refractivity (Wildman–Crippen MR) is 85.0 cm³/mol. The average Bonchev–Trinajstić information content (AvgIpc) is 3.06. The Kier molecular flexibility index (Phi) is 4.31. The third kappa shape index (κ3) is 3.06. The number of hydrogen-bond donors (Lipinski definition) is 0. The number of pyridine rings is 1. The van der Waals surface area contributed by atoms with Crippen LogP contribution in [0.4, 0.5) is 0 Å². The standard InChI is InChI=1S/C14H17ClN4O3S/c1-10-13(14(15)18(2)17-10)23(20,21)19-7-5-12(9-19)22-11-4-3-6-16-8-11/h3-4,6,8,12H,5,7,9H2,1-2H3/t12-/m1/s1. The SMILES string of the molecule is Cc1nn(C)c(Cl)c1S(=O)(=O)N1CC[C@@H](Oc2cccnc2)C1. The van der Waals surface area contributed by atoms with Gasteiger partial charge < -0.3 is 4.74 Å². The molecule has 1 aliphatic heterocycles. The van der Waals surface area contributed by atoms with Gasteiger partial charge in [-0.2, -0.15) is 9.40 Å². The molecule has 0 aromatic carbocycles. The third-order valence-electron chi connectivity index (χ3n) is 3.74. The van der Waals surface area contributed by atoms with Crippen LogP contribution in [-0.4, -0.2) is 46.7 Å². The highest BCUT2D eigenvalue weighted by Gasteiger charge is 2.37. The molecule has 1 atom stereocenters. The van der Waals surface area contributed by atoms with Gasteiger partial charge in [-0.25, -0.2) is 8.42 Å². The minimum Gasteiger partial charge on any atom is -0.487 e. The molecule has 0 amide bonds. The fraction of sp³-hybridized carbons (Fsp3) is 0.429. The topological polar surface area (TPSA) is 77.3 Å². The van der Waals surface area contributed by atoms with Gasteiger partial charge in [0.2, 0.25) is 10.0 Å². The molecule has 7 nitrogen and oxygen atoms in total. The fourth-order valence-corrected chi connectivity index (χ4v) is 4.85. The monoisotopic (exact) mass is 356 g/mol. The van der Waals surface area contributed by atoms with E-state index >= 15 is 0 Å². The van der Waals surface area contributed by atoms with Crippen molar-refractivity contribution in [3.63, 3.8) is 0 Å². The molecular weight excluding hydrogens is 340 g/mol. The van der Waals surface area contributed by atoms with Crippen LogP contribution < -0.4 is 4.74 Å². The highest BCUT2D eigenvalue weighted by Crippen LogP contribution is 2.30. The minimum absolute atomic E-state index is 0.0729. The number of halogens is 1. The van der Waals surface area contributed by atoms with E-state index in [9.17, 15) is 8.42 Å². The summed E-state index contributed by atoms with van der Waals surface area (Å²) in [5, 5.41) is 4.20. The van der Waals surface area contributed by atoms with Gasteiger partial charge in [-0.15, -0.1) is 0 Å². The smallest absolute Gasteiger partial charge is 0.248 e. The number of nitrogens with zero attached hydrogens (tertiary/aromatic N) is 4. The van der Waals surface area contributed by atoms with Gasteiger partial charge in [0.1, 0.15) is 21.9 Å². The molecule has 0 spiro atoms. The molecular formula is C14H17ClN4O3S. The lowest BCUT2D eigenvalue weighted by molar-refractivity contribution is 0.214. The van der Waals surface area contributed by atoms with Crippen LogP contribution in [0.3, 0.4) is 0 Å². The zero-order valence-electron chi connectivity index (χ0n) is 12.8. The molecule has 1 saturated heterocycles. The largest absolute Gasteiger partial charge is 0.487 e. The lowest BCUT2D eigenvalue weighted by atomic mass is 10.3. The second kappa shape index (κ2) is 6.10. The van der Waals surface area contributed by atoms with Crippen LogP contribution in [0.2, 0.25) is 5.15 Å². The summed E-state index contributed by atoms with van der Waals surface area (Å²) < 4.78 is 34.2. The van der Waals surface area contributed by atoms with Gasteiger partial charge >= 0.3 is 0 Å². The molecule has 23 heavy (non-hydrogen) atoms. The van der Waals surface area contributed by atoms with Crippen molar-refractivity contribution in [3.8, 4) is 5.75 Å². The first kappa shape index (κ1) is 16.2. The quantitative estimate of drug-likeness (QED) is 0.831. The van der Waals surface area contributed by atoms with Crippen molar-refractivity contribution in [1.29, 1.82) is 0 Å². The molecule has 124 valence electrons. The van der Waals surface area contributed by atoms with Crippen molar-refractivity contribution in [3.05, 3.63) is 35.4 Å². The molecule has 1 fully saturated rings. The van der Waals surface area contributed by atoms with E-state index in [0.29, 0.717) is 24.4 Å². The van der Waals surface area contributed by atoms with Crippen molar-refractivity contribution in [2.24, 2.45) is 7.05 Å². The Balaban J connectivity index is 1.78. The number of ether oxygens (including phenoxy) is 1. The molecule has 0 bridgehead atoms. The molecule has 0 radical (unpaired) electrons. The summed E-state index contributed by atoms with van der Waals surface area (Å²) in [4.78, 5) is 4.06. The van der Waals surface area contributed by atoms with Gasteiger partial charge in [0, 0.05) is 19.8 Å². The van der Waals surface area contributed by atoms with Crippen LogP contribution in [0.5, 0.6) is 5.75 Å². The number of aromatic nitrogens is 3. The summed E-state index contributed by atoms with van der Waals surface area (Å²) in [6.07, 6.45) is 3.68. The van der Waals surface area contributed by atoms with Crippen LogP contribution in [0.1, 0.15) is 12.1 Å². The van der Waals surface area contributed by atoms with Crippen molar-refractivity contribution >= 4 is 21.6 Å². The maximum atomic E-state index is 12.8. The van der Waals surface area contributed by atoms with Crippen LogP contribution in [0.25, 0.3) is 0 Å². The van der Waals surface area contributed by atoms with E-state index in [1.165, 1.54) is 8.99 Å². The molecule has 0 aliphatic carbocycles. The summed E-state index contributed by atoms with van der Waals surface area (Å²) in [5.74, 6) is 0.632. The van der Waals surface area contributed by atoms with Crippen molar-refractivity contribution in [1.82, 2.24) is 19.1 Å². The number of sulfonamides is 1. The van der Waals surface area contributed by atoms with Crippen molar-refractivity contribution < 1.29 is 13.2 Å². The second-order valence-corrected chi connectivity index (χ2v) is 7.64. The first-order valence-electron chi connectivity index (χ1n) is 7.15. The van der Waals surface area contributed by atoms with E-state index in [1.807, 2.05) is 0 Å². The summed E-state index contributed by atoms with van der Waals surface area (Å²) in [7, 11) is -2.06. The fourth-order valence-electron chi connectivity index (χ4n) is 2.65. The zero-order chi connectivity index (χ0) is 16.6. The molecule has 2 aromatic heterocycles. The van der Waals surface area contributed by atoms with Gasteiger partial charge in [0.05, 0.1) is 18.4 Å². The first-order valence-corrected chi connectivity index (χ1v) is 8.97. The van der Waals surface area contributed by atoms with Crippen LogP contribution in [-0.2, 0) is 17.1 Å². The molecule has 1 aliphatic rings. The van der Waals surface area contributed by atoms with Gasteiger partial charge in [0.25, 0.3) is 0 Å². The number of aryl methyl sites for hydroxylation is 2.